The van der Waals surface area contributed by atoms with Crippen LogP contribution < -0.4 is 16.5 Å². The van der Waals surface area contributed by atoms with Gasteiger partial charge in [-0.2, -0.15) is 5.10 Å². The van der Waals surface area contributed by atoms with E-state index in [-0.39, 0.29) is 0 Å². The second-order valence-corrected chi connectivity index (χ2v) is 5.62. The van der Waals surface area contributed by atoms with Gasteiger partial charge in [-0.1, -0.05) is 29.8 Å². The van der Waals surface area contributed by atoms with Gasteiger partial charge >= 0.3 is 0 Å². The summed E-state index contributed by atoms with van der Waals surface area (Å²) in [4.78, 5) is 0. The summed E-state index contributed by atoms with van der Waals surface area (Å²) in [6, 6.07) is 13.1. The zero-order valence-electron chi connectivity index (χ0n) is 12.4. The number of benzene rings is 2. The van der Waals surface area contributed by atoms with Gasteiger partial charge in [-0.05, 0) is 61.5 Å². The maximum atomic E-state index is 6.08. The highest BCUT2D eigenvalue weighted by Crippen LogP contribution is 2.22. The van der Waals surface area contributed by atoms with Crippen molar-refractivity contribution >= 4 is 46.0 Å². The lowest BCUT2D eigenvalue weighted by Crippen LogP contribution is -2.25. The van der Waals surface area contributed by atoms with Crippen molar-refractivity contribution in [2.45, 2.75) is 13.8 Å². The van der Waals surface area contributed by atoms with Crippen LogP contribution in [0, 0.1) is 6.92 Å². The minimum absolute atomic E-state index is 0.397. The first-order chi connectivity index (χ1) is 10.5. The summed E-state index contributed by atoms with van der Waals surface area (Å²) in [5, 5.41) is 8.42. The quantitative estimate of drug-likeness (QED) is 0.345. The molecule has 0 aromatic heterocycles. The lowest BCUT2D eigenvalue weighted by molar-refractivity contribution is 1.04. The Hall–Kier alpha value is -2.11. The van der Waals surface area contributed by atoms with Crippen LogP contribution in [0.3, 0.4) is 0 Å². The molecule has 4 nitrogen and oxygen atoms in total. The number of rotatable bonds is 3. The second kappa shape index (κ2) is 7.24. The van der Waals surface area contributed by atoms with Gasteiger partial charge < -0.3 is 11.1 Å². The number of hydrogen-bond acceptors (Lipinski definition) is 3. The van der Waals surface area contributed by atoms with E-state index in [0.29, 0.717) is 15.8 Å². The van der Waals surface area contributed by atoms with Crippen molar-refractivity contribution in [1.29, 1.82) is 0 Å². The third-order valence-electron chi connectivity index (χ3n) is 3.15. The molecular formula is C16H17ClN4S. The highest BCUT2D eigenvalue weighted by molar-refractivity contribution is 7.80. The lowest BCUT2D eigenvalue weighted by Gasteiger charge is -2.11. The molecule has 2 aromatic carbocycles. The number of nitrogen functional groups attached to an aromatic ring is 1. The van der Waals surface area contributed by atoms with E-state index >= 15 is 0 Å². The van der Waals surface area contributed by atoms with Crippen molar-refractivity contribution in [2.75, 3.05) is 11.1 Å². The third-order valence-corrected chi connectivity index (χ3v) is 3.75. The largest absolute Gasteiger partial charge is 0.399 e. The van der Waals surface area contributed by atoms with E-state index in [4.69, 9.17) is 29.6 Å². The zero-order chi connectivity index (χ0) is 16.1. The molecule has 2 rings (SSSR count). The molecule has 0 aliphatic carbocycles. The maximum absolute atomic E-state index is 6.08. The average Bonchev–Trinajstić information content (AvgIpc) is 2.49. The van der Waals surface area contributed by atoms with E-state index in [0.717, 1.165) is 22.5 Å². The monoisotopic (exact) mass is 332 g/mol. The van der Waals surface area contributed by atoms with Crippen LogP contribution in [-0.2, 0) is 0 Å². The van der Waals surface area contributed by atoms with Gasteiger partial charge in [-0.15, -0.1) is 0 Å². The fraction of sp³-hybridized carbons (Fsp3) is 0.125. The molecule has 0 spiro atoms. The molecule has 6 heteroatoms. The topological polar surface area (TPSA) is 62.4 Å². The van der Waals surface area contributed by atoms with E-state index in [9.17, 15) is 0 Å². The summed E-state index contributed by atoms with van der Waals surface area (Å²) in [5.74, 6) is 0. The Morgan fingerprint density at radius 2 is 1.95 bits per heavy atom. The van der Waals surface area contributed by atoms with Gasteiger partial charge in [-0.3, -0.25) is 5.43 Å². The fourth-order valence-corrected chi connectivity index (χ4v) is 2.19. The number of anilines is 2. The molecule has 0 saturated heterocycles. The minimum Gasteiger partial charge on any atom is -0.399 e. The van der Waals surface area contributed by atoms with Crippen LogP contribution in [0.25, 0.3) is 0 Å². The molecule has 0 radical (unpaired) electrons. The molecule has 4 N–H and O–H groups in total. The molecule has 0 fully saturated rings. The van der Waals surface area contributed by atoms with Crippen LogP contribution in [0.5, 0.6) is 0 Å². The molecule has 0 saturated carbocycles. The van der Waals surface area contributed by atoms with Crippen LogP contribution in [0.4, 0.5) is 11.4 Å². The van der Waals surface area contributed by atoms with E-state index < -0.39 is 0 Å². The Balaban J connectivity index is 2.03. The van der Waals surface area contributed by atoms with E-state index in [1.165, 1.54) is 0 Å². The van der Waals surface area contributed by atoms with Gasteiger partial charge in [0.1, 0.15) is 0 Å². The number of nitrogens with two attached hydrogens (primary N) is 1. The van der Waals surface area contributed by atoms with E-state index in [2.05, 4.69) is 15.8 Å². The first kappa shape index (κ1) is 16.3. The number of halogens is 1. The molecule has 2 aromatic rings. The van der Waals surface area contributed by atoms with Gasteiger partial charge in [0.15, 0.2) is 5.11 Å². The Morgan fingerprint density at radius 1 is 1.23 bits per heavy atom. The number of thiocarbonyl (C=S) groups is 1. The molecular weight excluding hydrogens is 316 g/mol. The number of hydrazone groups is 1. The summed E-state index contributed by atoms with van der Waals surface area (Å²) in [7, 11) is 0. The van der Waals surface area contributed by atoms with Gasteiger partial charge in [0.25, 0.3) is 0 Å². The normalized spacial score (nSPS) is 11.1. The molecule has 22 heavy (non-hydrogen) atoms. The van der Waals surface area contributed by atoms with Crippen molar-refractivity contribution in [3.05, 3.63) is 58.6 Å². The van der Waals surface area contributed by atoms with Crippen LogP contribution in [0.15, 0.2) is 47.6 Å². The Bertz CT molecular complexity index is 728. The Morgan fingerprint density at radius 3 is 2.68 bits per heavy atom. The molecule has 0 bridgehead atoms. The smallest absolute Gasteiger partial charge is 0.191 e. The SMILES string of the molecule is C/C(=N/NC(=S)Nc1cccc(Cl)c1C)c1cccc(N)c1. The molecule has 0 unspecified atom stereocenters. The predicted molar refractivity (Wildman–Crippen MR) is 98.6 cm³/mol. The molecule has 0 amide bonds. The molecule has 0 aliphatic heterocycles. The van der Waals surface area contributed by atoms with Crippen molar-refractivity contribution in [2.24, 2.45) is 5.10 Å². The standard InChI is InChI=1S/C16H17ClN4S/c1-10-14(17)7-4-8-15(10)19-16(22)21-20-11(2)12-5-3-6-13(18)9-12/h3-9H,18H2,1-2H3,(H2,19,21,22)/b20-11-. The minimum atomic E-state index is 0.397. The third kappa shape index (κ3) is 4.19. The highest BCUT2D eigenvalue weighted by atomic mass is 35.5. The molecule has 0 atom stereocenters. The number of hydrogen-bond donors (Lipinski definition) is 3. The Kier molecular flexibility index (Phi) is 5.35. The first-order valence-corrected chi connectivity index (χ1v) is 7.48. The van der Waals surface area contributed by atoms with E-state index in [1.54, 1.807) is 0 Å². The number of nitrogens with zero attached hydrogens (tertiary/aromatic N) is 1. The fourth-order valence-electron chi connectivity index (χ4n) is 1.86. The second-order valence-electron chi connectivity index (χ2n) is 4.80. The van der Waals surface area contributed by atoms with Crippen LogP contribution in [-0.4, -0.2) is 10.8 Å². The van der Waals surface area contributed by atoms with Crippen LogP contribution in [0.2, 0.25) is 5.02 Å². The molecule has 114 valence electrons. The lowest BCUT2D eigenvalue weighted by atomic mass is 10.1. The summed E-state index contributed by atoms with van der Waals surface area (Å²) < 4.78 is 0. The Labute approximate surface area is 140 Å². The van der Waals surface area contributed by atoms with Gasteiger partial charge in [-0.25, -0.2) is 0 Å². The van der Waals surface area contributed by atoms with Crippen molar-refractivity contribution in [1.82, 2.24) is 5.43 Å². The molecule has 0 aliphatic rings. The highest BCUT2D eigenvalue weighted by Gasteiger charge is 2.04. The van der Waals surface area contributed by atoms with Gasteiger partial charge in [0.2, 0.25) is 0 Å². The van der Waals surface area contributed by atoms with Crippen LogP contribution >= 0.6 is 23.8 Å². The molecule has 0 heterocycles. The van der Waals surface area contributed by atoms with Gasteiger partial charge in [0.05, 0.1) is 5.71 Å². The number of nitrogens with one attached hydrogen (secondary N) is 2. The van der Waals surface area contributed by atoms with Crippen molar-refractivity contribution in [3.63, 3.8) is 0 Å². The summed E-state index contributed by atoms with van der Waals surface area (Å²) >= 11 is 11.3. The predicted octanol–water partition coefficient (Wildman–Crippen LogP) is 3.94. The summed E-state index contributed by atoms with van der Waals surface area (Å²) in [5.41, 5.74) is 12.8. The summed E-state index contributed by atoms with van der Waals surface area (Å²) in [6.07, 6.45) is 0. The summed E-state index contributed by atoms with van der Waals surface area (Å²) in [6.45, 7) is 3.81. The van der Waals surface area contributed by atoms with E-state index in [1.807, 2.05) is 56.3 Å². The van der Waals surface area contributed by atoms with Crippen LogP contribution in [0.1, 0.15) is 18.1 Å². The van der Waals surface area contributed by atoms with Crippen molar-refractivity contribution < 1.29 is 0 Å². The average molecular weight is 333 g/mol. The maximum Gasteiger partial charge on any atom is 0.191 e. The van der Waals surface area contributed by atoms with Gasteiger partial charge in [0, 0.05) is 16.4 Å². The zero-order valence-corrected chi connectivity index (χ0v) is 13.9. The first-order valence-electron chi connectivity index (χ1n) is 6.69. The van der Waals surface area contributed by atoms with Crippen molar-refractivity contribution in [3.8, 4) is 0 Å².